The van der Waals surface area contributed by atoms with Crippen molar-refractivity contribution in [1.29, 1.82) is 0 Å². The summed E-state index contributed by atoms with van der Waals surface area (Å²) in [5.41, 5.74) is 4.24. The predicted octanol–water partition coefficient (Wildman–Crippen LogP) is 8.09. The Labute approximate surface area is 407 Å². The smallest absolute Gasteiger partial charge is 0.407 e. The molecule has 2 fully saturated rings. The second-order valence-electron chi connectivity index (χ2n) is 21.7. The highest BCUT2D eigenvalue weighted by Gasteiger charge is 2.58. The van der Waals surface area contributed by atoms with E-state index in [0.717, 1.165) is 62.5 Å². The third-order valence-corrected chi connectivity index (χ3v) is 16.4. The van der Waals surface area contributed by atoms with Crippen LogP contribution in [0.1, 0.15) is 140 Å². The number of nitrogens with one attached hydrogen (secondary N) is 6. The van der Waals surface area contributed by atoms with Crippen molar-refractivity contribution in [2.75, 3.05) is 30.8 Å². The number of aryl methyl sites for hydroxylation is 2. The van der Waals surface area contributed by atoms with E-state index in [1.54, 1.807) is 30.3 Å². The Hall–Kier alpha value is -5.76. The number of carbonyl (C=O) groups excluding carboxylic acids is 6. The van der Waals surface area contributed by atoms with Crippen molar-refractivity contribution in [1.82, 2.24) is 21.3 Å². The lowest BCUT2D eigenvalue weighted by molar-refractivity contribution is -0.150. The summed E-state index contributed by atoms with van der Waals surface area (Å²) in [6, 6.07) is 17.7. The highest BCUT2D eigenvalue weighted by Crippen LogP contribution is 2.60. The summed E-state index contributed by atoms with van der Waals surface area (Å²) in [4.78, 5) is 80.6. The van der Waals surface area contributed by atoms with E-state index in [-0.39, 0.29) is 71.1 Å². The van der Waals surface area contributed by atoms with Gasteiger partial charge in [-0.05, 0) is 171 Å². The minimum absolute atomic E-state index is 0.0310. The van der Waals surface area contributed by atoms with Crippen LogP contribution in [0.4, 0.5) is 16.2 Å². The second-order valence-corrected chi connectivity index (χ2v) is 21.7. The van der Waals surface area contributed by atoms with Gasteiger partial charge in [0.2, 0.25) is 29.5 Å². The van der Waals surface area contributed by atoms with Crippen LogP contribution in [0.15, 0.2) is 60.7 Å². The topological polar surface area (TPSA) is 204 Å². The molecule has 0 aromatic heterocycles. The Bertz CT molecular complexity index is 2420. The fourth-order valence-corrected chi connectivity index (χ4v) is 12.8. The fraction of sp³-hybridized carbons (Fsp3) is 0.564. The molecule has 372 valence electrons. The van der Waals surface area contributed by atoms with E-state index in [4.69, 9.17) is 4.74 Å². The van der Waals surface area contributed by atoms with Gasteiger partial charge in [0.05, 0.1) is 10.8 Å². The number of alkyl carbamates (subject to hydrolysis) is 1. The van der Waals surface area contributed by atoms with Crippen molar-refractivity contribution in [2.45, 2.75) is 148 Å². The minimum atomic E-state index is -0.788. The van der Waals surface area contributed by atoms with E-state index in [2.05, 4.69) is 45.7 Å². The second kappa shape index (κ2) is 21.1. The van der Waals surface area contributed by atoms with Crippen LogP contribution < -0.4 is 31.9 Å². The standard InChI is InChI=1S/C55H74N6O8/c1-34(2)29-46(63)60-43(11-8-28-56-7)48(65)59-38-18-12-35(13-19-38)33-69-51(68)57-32-47(64)58-39-20-14-36-16-22-44-52(3,41(36)30-39)24-9-26-54(44,5)49(66)61-50(67)55(6)27-10-25-53(4)42-31-40(62)21-15-37(42)17-23-45(53)55/h12-15,18-21,30-31,34,43-45,56,62H,8-11,16-17,22-29,32-33H2,1-7H3,(H,57,68)(H,58,64)(H,59,65)(H,60,63)(H,61,66,67)/t43-,44?,45?,52+,53+,54-,55-/m0/s1. The molecule has 2 saturated carbocycles. The first kappa shape index (κ1) is 51.1. The summed E-state index contributed by atoms with van der Waals surface area (Å²) in [6.07, 6.45) is 8.86. The van der Waals surface area contributed by atoms with Gasteiger partial charge in [-0.25, -0.2) is 4.79 Å². The van der Waals surface area contributed by atoms with Crippen LogP contribution in [0, 0.1) is 28.6 Å². The molecule has 4 aliphatic carbocycles. The van der Waals surface area contributed by atoms with E-state index in [1.165, 1.54) is 11.1 Å². The number of rotatable bonds is 16. The normalized spacial score (nSPS) is 26.1. The van der Waals surface area contributed by atoms with E-state index in [0.29, 0.717) is 55.6 Å². The number of phenols is 1. The number of imide groups is 1. The number of phenolic OH excluding ortho intramolecular Hbond substituents is 1. The van der Waals surface area contributed by atoms with Gasteiger partial charge in [0, 0.05) is 17.8 Å². The molecule has 0 radical (unpaired) electrons. The number of fused-ring (bicyclic) bond motifs is 6. The van der Waals surface area contributed by atoms with E-state index in [1.807, 2.05) is 65.1 Å². The number of amides is 6. The summed E-state index contributed by atoms with van der Waals surface area (Å²) in [7, 11) is 1.84. The van der Waals surface area contributed by atoms with Crippen LogP contribution in [0.3, 0.4) is 0 Å². The lowest BCUT2D eigenvalue weighted by Gasteiger charge is -2.56. The van der Waals surface area contributed by atoms with Crippen molar-refractivity contribution in [2.24, 2.45) is 28.6 Å². The highest BCUT2D eigenvalue weighted by molar-refractivity contribution is 6.01. The molecule has 7 atom stereocenters. The average molecular weight is 947 g/mol. The maximum absolute atomic E-state index is 14.6. The van der Waals surface area contributed by atoms with Crippen LogP contribution >= 0.6 is 0 Å². The molecular formula is C55H74N6O8. The summed E-state index contributed by atoms with van der Waals surface area (Å²) >= 11 is 0. The largest absolute Gasteiger partial charge is 0.508 e. The summed E-state index contributed by atoms with van der Waals surface area (Å²) in [5, 5.41) is 27.7. The number of ether oxygens (including phenoxy) is 1. The number of benzene rings is 3. The SMILES string of the molecule is CNCCC[C@H](NC(=O)CC(C)C)C(=O)Nc1ccc(COC(=O)NCC(=O)Nc2ccc3c(c2)[C@@]2(C)CCC[C@](C)(C(=O)NC(=O)[C@@]4(C)CCC[C@]5(C)c6cc(O)ccc6CCC45)C2CC3)cc1. The molecule has 14 nitrogen and oxygen atoms in total. The zero-order valence-electron chi connectivity index (χ0n) is 41.7. The van der Waals surface area contributed by atoms with Crippen LogP contribution in [-0.4, -0.2) is 66.9 Å². The minimum Gasteiger partial charge on any atom is -0.508 e. The third-order valence-electron chi connectivity index (χ3n) is 16.4. The number of hydrogen-bond donors (Lipinski definition) is 7. The number of anilines is 2. The Morgan fingerprint density at radius 3 is 1.90 bits per heavy atom. The molecule has 0 bridgehead atoms. The van der Waals surface area contributed by atoms with Gasteiger partial charge in [-0.1, -0.05) is 78.6 Å². The van der Waals surface area contributed by atoms with Crippen molar-refractivity contribution in [3.8, 4) is 5.75 Å². The Balaban J connectivity index is 0.917. The molecular weight excluding hydrogens is 873 g/mol. The first-order valence-corrected chi connectivity index (χ1v) is 25.1. The van der Waals surface area contributed by atoms with Gasteiger partial charge >= 0.3 is 6.09 Å². The number of hydrogen-bond acceptors (Lipinski definition) is 9. The molecule has 7 N–H and O–H groups in total. The molecule has 0 spiro atoms. The molecule has 4 aliphatic rings. The first-order valence-electron chi connectivity index (χ1n) is 25.1. The predicted molar refractivity (Wildman–Crippen MR) is 266 cm³/mol. The molecule has 6 amide bonds. The molecule has 0 aliphatic heterocycles. The Kier molecular flexibility index (Phi) is 15.6. The van der Waals surface area contributed by atoms with Crippen molar-refractivity contribution in [3.05, 3.63) is 88.5 Å². The van der Waals surface area contributed by atoms with Gasteiger partial charge < -0.3 is 36.4 Å². The fourth-order valence-electron chi connectivity index (χ4n) is 12.8. The maximum atomic E-state index is 14.6. The van der Waals surface area contributed by atoms with Crippen LogP contribution in [-0.2, 0) is 59.0 Å². The van der Waals surface area contributed by atoms with Gasteiger partial charge in [0.15, 0.2) is 0 Å². The Morgan fingerprint density at radius 2 is 1.30 bits per heavy atom. The zero-order valence-corrected chi connectivity index (χ0v) is 41.7. The molecule has 7 rings (SSSR count). The molecule has 14 heteroatoms. The van der Waals surface area contributed by atoms with Crippen molar-refractivity contribution < 1.29 is 38.6 Å². The van der Waals surface area contributed by atoms with Crippen LogP contribution in [0.25, 0.3) is 0 Å². The summed E-state index contributed by atoms with van der Waals surface area (Å²) in [5.74, 6) is -0.897. The number of carbonyl (C=O) groups is 6. The maximum Gasteiger partial charge on any atom is 0.407 e. The molecule has 2 unspecified atom stereocenters. The highest BCUT2D eigenvalue weighted by atomic mass is 16.5. The van der Waals surface area contributed by atoms with Gasteiger partial charge in [-0.2, -0.15) is 0 Å². The quantitative estimate of drug-likeness (QED) is 0.0547. The summed E-state index contributed by atoms with van der Waals surface area (Å²) < 4.78 is 5.38. The zero-order chi connectivity index (χ0) is 49.7. The summed E-state index contributed by atoms with van der Waals surface area (Å²) in [6.45, 7) is 12.8. The Morgan fingerprint density at radius 1 is 0.725 bits per heavy atom. The first-order chi connectivity index (χ1) is 32.8. The molecule has 0 heterocycles. The van der Waals surface area contributed by atoms with Crippen LogP contribution in [0.5, 0.6) is 5.75 Å². The third kappa shape index (κ3) is 11.0. The lowest BCUT2D eigenvalue weighted by atomic mass is 9.49. The lowest BCUT2D eigenvalue weighted by Crippen LogP contribution is -2.60. The molecule has 3 aromatic rings. The van der Waals surface area contributed by atoms with Gasteiger partial charge in [-0.3, -0.25) is 29.3 Å². The number of aromatic hydroxyl groups is 1. The van der Waals surface area contributed by atoms with Gasteiger partial charge in [0.1, 0.15) is 24.9 Å². The molecule has 3 aromatic carbocycles. The van der Waals surface area contributed by atoms with Crippen molar-refractivity contribution >= 4 is 47.0 Å². The van der Waals surface area contributed by atoms with Crippen molar-refractivity contribution in [3.63, 3.8) is 0 Å². The van der Waals surface area contributed by atoms with E-state index in [9.17, 15) is 33.9 Å². The molecule has 69 heavy (non-hydrogen) atoms. The average Bonchev–Trinajstić information content (AvgIpc) is 3.30. The van der Waals surface area contributed by atoms with Gasteiger partial charge in [-0.15, -0.1) is 0 Å². The van der Waals surface area contributed by atoms with E-state index < -0.39 is 28.9 Å². The van der Waals surface area contributed by atoms with Gasteiger partial charge in [0.25, 0.3) is 0 Å². The monoisotopic (exact) mass is 947 g/mol. The van der Waals surface area contributed by atoms with Crippen LogP contribution in [0.2, 0.25) is 0 Å². The van der Waals surface area contributed by atoms with E-state index >= 15 is 0 Å². The molecule has 0 saturated heterocycles.